The zero-order chi connectivity index (χ0) is 20.6. The van der Waals surface area contributed by atoms with Gasteiger partial charge in [0, 0.05) is 11.8 Å². The van der Waals surface area contributed by atoms with Crippen LogP contribution >= 0.6 is 0 Å². The lowest BCUT2D eigenvalue weighted by atomic mass is 10.0. The summed E-state index contributed by atoms with van der Waals surface area (Å²) in [4.78, 5) is 20.4. The molecule has 0 radical (unpaired) electrons. The highest BCUT2D eigenvalue weighted by atomic mass is 16.5. The van der Waals surface area contributed by atoms with E-state index in [1.807, 2.05) is 12.1 Å². The van der Waals surface area contributed by atoms with Crippen LogP contribution in [0.1, 0.15) is 22.8 Å². The van der Waals surface area contributed by atoms with E-state index in [0.717, 1.165) is 11.1 Å². The van der Waals surface area contributed by atoms with E-state index >= 15 is 0 Å². The van der Waals surface area contributed by atoms with Crippen LogP contribution in [0.15, 0.2) is 71.9 Å². The Hall–Kier alpha value is -4.18. The number of benzene rings is 2. The molecule has 29 heavy (non-hydrogen) atoms. The number of hydrogen-bond donors (Lipinski definition) is 2. The minimum Gasteiger partial charge on any atom is -0.462 e. The SMILES string of the molecule is CCOC(=O)c1cccc(-c2ccc(N=C(N)Nc3ccccc3C#N)nc2)c1. The average molecular weight is 385 g/mol. The first-order chi connectivity index (χ1) is 14.1. The topological polar surface area (TPSA) is 113 Å². The zero-order valence-corrected chi connectivity index (χ0v) is 15.8. The molecule has 0 saturated heterocycles. The largest absolute Gasteiger partial charge is 0.462 e. The number of nitrogens with one attached hydrogen (secondary N) is 1. The first-order valence-corrected chi connectivity index (χ1v) is 8.94. The standard InChI is InChI=1S/C22H19N5O2/c1-2-29-21(28)16-8-5-7-15(12-16)18-10-11-20(25-14-18)27-22(24)26-19-9-4-3-6-17(19)13-23/h3-12,14H,2H2,1H3,(H3,24,25,26,27). The molecular weight excluding hydrogens is 366 g/mol. The number of aliphatic imine (C=N–C) groups is 1. The van der Waals surface area contributed by atoms with Crippen LogP contribution in [0.2, 0.25) is 0 Å². The van der Waals surface area contributed by atoms with Crippen LogP contribution in [0.3, 0.4) is 0 Å². The van der Waals surface area contributed by atoms with E-state index in [-0.39, 0.29) is 11.9 Å². The van der Waals surface area contributed by atoms with Crippen molar-refractivity contribution in [3.05, 3.63) is 78.0 Å². The van der Waals surface area contributed by atoms with Gasteiger partial charge >= 0.3 is 5.97 Å². The van der Waals surface area contributed by atoms with E-state index in [9.17, 15) is 4.79 Å². The number of nitrogens with two attached hydrogens (primary N) is 1. The van der Waals surface area contributed by atoms with E-state index in [1.54, 1.807) is 61.7 Å². The fraction of sp³-hybridized carbons (Fsp3) is 0.0909. The van der Waals surface area contributed by atoms with Gasteiger partial charge in [-0.05, 0) is 48.9 Å². The summed E-state index contributed by atoms with van der Waals surface area (Å²) >= 11 is 0. The minimum atomic E-state index is -0.361. The van der Waals surface area contributed by atoms with Gasteiger partial charge in [0.1, 0.15) is 6.07 Å². The fourth-order valence-electron chi connectivity index (χ4n) is 2.64. The van der Waals surface area contributed by atoms with Gasteiger partial charge in [-0.15, -0.1) is 0 Å². The highest BCUT2D eigenvalue weighted by Crippen LogP contribution is 2.22. The molecular formula is C22H19N5O2. The predicted molar refractivity (Wildman–Crippen MR) is 112 cm³/mol. The number of carbonyl (C=O) groups excluding carboxylic acids is 1. The van der Waals surface area contributed by atoms with Gasteiger partial charge < -0.3 is 15.8 Å². The summed E-state index contributed by atoms with van der Waals surface area (Å²) in [5, 5.41) is 12.0. The van der Waals surface area contributed by atoms with Gasteiger partial charge in [0.15, 0.2) is 11.8 Å². The Morgan fingerprint density at radius 1 is 1.17 bits per heavy atom. The Labute approximate surface area is 168 Å². The Morgan fingerprint density at radius 3 is 2.72 bits per heavy atom. The molecule has 3 rings (SSSR count). The number of carbonyl (C=O) groups is 1. The molecule has 0 aliphatic rings. The summed E-state index contributed by atoms with van der Waals surface area (Å²) < 4.78 is 5.03. The lowest BCUT2D eigenvalue weighted by molar-refractivity contribution is 0.0526. The number of esters is 1. The normalized spacial score (nSPS) is 10.8. The maximum atomic E-state index is 11.9. The molecule has 3 N–H and O–H groups in total. The fourth-order valence-corrected chi connectivity index (χ4v) is 2.64. The maximum Gasteiger partial charge on any atom is 0.338 e. The van der Waals surface area contributed by atoms with Gasteiger partial charge in [-0.1, -0.05) is 24.3 Å². The molecule has 0 amide bonds. The number of rotatable bonds is 5. The molecule has 144 valence electrons. The summed E-state index contributed by atoms with van der Waals surface area (Å²) in [6, 6.07) is 19.8. The number of nitriles is 1. The number of para-hydroxylation sites is 1. The average Bonchev–Trinajstić information content (AvgIpc) is 2.75. The van der Waals surface area contributed by atoms with Gasteiger partial charge in [0.05, 0.1) is 23.4 Å². The molecule has 3 aromatic rings. The van der Waals surface area contributed by atoms with Crippen LogP contribution in [0.25, 0.3) is 11.1 Å². The van der Waals surface area contributed by atoms with Gasteiger partial charge in [-0.25, -0.2) is 9.78 Å². The van der Waals surface area contributed by atoms with E-state index in [4.69, 9.17) is 15.7 Å². The molecule has 0 aliphatic carbocycles. The molecule has 0 aliphatic heterocycles. The third-order valence-corrected chi connectivity index (χ3v) is 4.00. The monoisotopic (exact) mass is 385 g/mol. The first kappa shape index (κ1) is 19.6. The van der Waals surface area contributed by atoms with Gasteiger partial charge in [0.2, 0.25) is 0 Å². The number of ether oxygens (including phenoxy) is 1. The minimum absolute atomic E-state index is 0.122. The molecule has 0 atom stereocenters. The van der Waals surface area contributed by atoms with Crippen LogP contribution in [0.5, 0.6) is 0 Å². The Balaban J connectivity index is 1.77. The van der Waals surface area contributed by atoms with Crippen LogP contribution in [-0.4, -0.2) is 23.5 Å². The second kappa shape index (κ2) is 9.15. The van der Waals surface area contributed by atoms with Crippen LogP contribution in [0.4, 0.5) is 11.5 Å². The van der Waals surface area contributed by atoms with Gasteiger partial charge in [0.25, 0.3) is 0 Å². The highest BCUT2D eigenvalue weighted by molar-refractivity contribution is 5.95. The van der Waals surface area contributed by atoms with Crippen molar-refractivity contribution in [1.29, 1.82) is 5.26 Å². The summed E-state index contributed by atoms with van der Waals surface area (Å²) in [6.45, 7) is 2.09. The third kappa shape index (κ3) is 4.96. The predicted octanol–water partition coefficient (Wildman–Crippen LogP) is 3.86. The van der Waals surface area contributed by atoms with Crippen molar-refractivity contribution in [3.63, 3.8) is 0 Å². The van der Waals surface area contributed by atoms with Crippen LogP contribution in [0, 0.1) is 11.3 Å². The lowest BCUT2D eigenvalue weighted by Crippen LogP contribution is -2.22. The van der Waals surface area contributed by atoms with Crippen molar-refractivity contribution < 1.29 is 9.53 Å². The van der Waals surface area contributed by atoms with Crippen molar-refractivity contribution in [1.82, 2.24) is 4.98 Å². The van der Waals surface area contributed by atoms with Crippen LogP contribution in [-0.2, 0) is 4.74 Å². The number of nitrogens with zero attached hydrogens (tertiary/aromatic N) is 3. The molecule has 7 nitrogen and oxygen atoms in total. The van der Waals surface area contributed by atoms with E-state index < -0.39 is 0 Å². The smallest absolute Gasteiger partial charge is 0.338 e. The Bertz CT molecular complexity index is 1080. The molecule has 0 spiro atoms. The summed E-state index contributed by atoms with van der Waals surface area (Å²) in [7, 11) is 0. The van der Waals surface area contributed by atoms with Crippen molar-refractivity contribution in [2.45, 2.75) is 6.92 Å². The van der Waals surface area contributed by atoms with E-state index in [1.165, 1.54) is 0 Å². The summed E-state index contributed by atoms with van der Waals surface area (Å²) in [5.41, 5.74) is 9.12. The third-order valence-electron chi connectivity index (χ3n) is 4.00. The second-order valence-corrected chi connectivity index (χ2v) is 5.99. The van der Waals surface area contributed by atoms with Crippen molar-refractivity contribution in [3.8, 4) is 17.2 Å². The Morgan fingerprint density at radius 2 is 2.00 bits per heavy atom. The molecule has 1 heterocycles. The molecule has 0 saturated carbocycles. The molecule has 2 aromatic carbocycles. The summed E-state index contributed by atoms with van der Waals surface area (Å²) in [5.74, 6) is 0.173. The molecule has 0 unspecified atom stereocenters. The molecule has 0 fully saturated rings. The van der Waals surface area contributed by atoms with Crippen LogP contribution < -0.4 is 11.1 Å². The van der Waals surface area contributed by atoms with Crippen molar-refractivity contribution >= 4 is 23.4 Å². The zero-order valence-electron chi connectivity index (χ0n) is 15.8. The Kier molecular flexibility index (Phi) is 6.18. The quantitative estimate of drug-likeness (QED) is 0.392. The number of hydrogen-bond acceptors (Lipinski definition) is 5. The van der Waals surface area contributed by atoms with Gasteiger partial charge in [-0.3, -0.25) is 0 Å². The summed E-state index contributed by atoms with van der Waals surface area (Å²) in [6.07, 6.45) is 1.65. The highest BCUT2D eigenvalue weighted by Gasteiger charge is 2.08. The second-order valence-electron chi connectivity index (χ2n) is 5.99. The number of pyridine rings is 1. The van der Waals surface area contributed by atoms with E-state index in [0.29, 0.717) is 29.2 Å². The van der Waals surface area contributed by atoms with E-state index in [2.05, 4.69) is 21.4 Å². The number of aromatic nitrogens is 1. The maximum absolute atomic E-state index is 11.9. The number of guanidine groups is 1. The molecule has 7 heteroatoms. The molecule has 1 aromatic heterocycles. The number of anilines is 1. The van der Waals surface area contributed by atoms with Gasteiger partial charge in [-0.2, -0.15) is 10.3 Å². The first-order valence-electron chi connectivity index (χ1n) is 8.94. The van der Waals surface area contributed by atoms with Crippen molar-refractivity contribution in [2.75, 3.05) is 11.9 Å². The van der Waals surface area contributed by atoms with Crippen molar-refractivity contribution in [2.24, 2.45) is 10.7 Å². The molecule has 0 bridgehead atoms. The lowest BCUT2D eigenvalue weighted by Gasteiger charge is -2.07.